The third-order valence-corrected chi connectivity index (χ3v) is 3.86. The van der Waals surface area contributed by atoms with Gasteiger partial charge >= 0.3 is 122 Å². The fourth-order valence-corrected chi connectivity index (χ4v) is 2.49. The zero-order chi connectivity index (χ0) is 13.6. The maximum atomic E-state index is 11.5. The molecule has 0 heterocycles. The molecule has 108 valence electrons. The normalized spacial score (nSPS) is 10.6. The first kappa shape index (κ1) is 18.0. The Hall–Kier alpha value is -0.0105. The van der Waals surface area contributed by atoms with Crippen molar-refractivity contribution < 1.29 is 4.79 Å². The van der Waals surface area contributed by atoms with Crippen LogP contribution < -0.4 is 0 Å². The molecule has 0 bridgehead atoms. The second-order valence-electron chi connectivity index (χ2n) is 5.08. The van der Waals surface area contributed by atoms with Crippen LogP contribution in [0.25, 0.3) is 0 Å². The summed E-state index contributed by atoms with van der Waals surface area (Å²) in [5.74, 6) is 0. The molecular formula is C15H30NOSe-. The molecule has 18 heavy (non-hydrogen) atoms. The molecule has 0 aromatic carbocycles. The monoisotopic (exact) mass is 320 g/mol. The van der Waals surface area contributed by atoms with E-state index in [2.05, 4.69) is 29.9 Å². The van der Waals surface area contributed by atoms with E-state index in [4.69, 9.17) is 0 Å². The van der Waals surface area contributed by atoms with Gasteiger partial charge in [-0.15, -0.1) is 0 Å². The van der Waals surface area contributed by atoms with E-state index in [1.165, 1.54) is 51.4 Å². The number of unbranched alkanes of at least 4 members (excludes halogenated alkanes) is 8. The molecule has 0 unspecified atom stereocenters. The van der Waals surface area contributed by atoms with Gasteiger partial charge in [0.2, 0.25) is 0 Å². The molecule has 0 rings (SSSR count). The quantitative estimate of drug-likeness (QED) is 0.383. The summed E-state index contributed by atoms with van der Waals surface area (Å²) in [4.78, 5) is 13.6. The van der Waals surface area contributed by atoms with E-state index in [0.717, 1.165) is 25.9 Å². The Balaban J connectivity index is 3.56. The second-order valence-corrected chi connectivity index (χ2v) is 5.81. The van der Waals surface area contributed by atoms with Crippen LogP contribution in [0.2, 0.25) is 0 Å². The molecule has 0 aromatic heterocycles. The van der Waals surface area contributed by atoms with E-state index >= 15 is 0 Å². The third-order valence-electron chi connectivity index (χ3n) is 3.32. The Morgan fingerprint density at radius 3 is 1.50 bits per heavy atom. The van der Waals surface area contributed by atoms with E-state index < -0.39 is 0 Å². The molecule has 0 N–H and O–H groups in total. The van der Waals surface area contributed by atoms with Crippen molar-refractivity contribution in [3.05, 3.63) is 0 Å². The van der Waals surface area contributed by atoms with E-state index in [9.17, 15) is 4.79 Å². The van der Waals surface area contributed by atoms with Gasteiger partial charge in [0.25, 0.3) is 0 Å². The molecular weight excluding hydrogens is 289 g/mol. The van der Waals surface area contributed by atoms with Gasteiger partial charge in [0.1, 0.15) is 0 Å². The average Bonchev–Trinajstić information content (AvgIpc) is 2.35. The van der Waals surface area contributed by atoms with Gasteiger partial charge in [0, 0.05) is 0 Å². The fraction of sp³-hybridized carbons (Fsp3) is 0.933. The fourth-order valence-electron chi connectivity index (χ4n) is 2.11. The molecule has 0 saturated heterocycles. The van der Waals surface area contributed by atoms with Gasteiger partial charge < -0.3 is 0 Å². The predicted octanol–water partition coefficient (Wildman–Crippen LogP) is 4.52. The minimum absolute atomic E-state index is 0.126. The van der Waals surface area contributed by atoms with Crippen LogP contribution in [0.3, 0.4) is 0 Å². The second kappa shape index (κ2) is 13.4. The van der Waals surface area contributed by atoms with Crippen LogP contribution in [0, 0.1) is 0 Å². The van der Waals surface area contributed by atoms with Crippen LogP contribution in [0.5, 0.6) is 0 Å². The standard InChI is InChI=1S/C15H31NOSe/c1-3-5-7-9-11-13-16(15(17)18)14-12-10-8-6-4-2/h3-14H2,1-2H3,(H,17,18)/p-1. The molecule has 2 nitrogen and oxygen atoms in total. The zero-order valence-electron chi connectivity index (χ0n) is 12.2. The van der Waals surface area contributed by atoms with Gasteiger partial charge in [-0.05, 0) is 0 Å². The molecule has 0 aliphatic carbocycles. The Kier molecular flexibility index (Phi) is 13.4. The van der Waals surface area contributed by atoms with Crippen molar-refractivity contribution in [2.45, 2.75) is 78.1 Å². The van der Waals surface area contributed by atoms with Crippen molar-refractivity contribution >= 4 is 20.8 Å². The molecule has 3 heteroatoms. The van der Waals surface area contributed by atoms with Crippen molar-refractivity contribution in [2.75, 3.05) is 13.1 Å². The Bertz CT molecular complexity index is 183. The molecule has 0 fully saturated rings. The van der Waals surface area contributed by atoms with Crippen LogP contribution >= 0.6 is 0 Å². The van der Waals surface area contributed by atoms with Crippen LogP contribution in [0.15, 0.2) is 0 Å². The average molecular weight is 319 g/mol. The molecule has 0 radical (unpaired) electrons. The number of nitrogens with zero attached hydrogens (tertiary/aromatic N) is 1. The number of carbonyl (C=O) groups is 1. The first-order chi connectivity index (χ1) is 8.72. The molecule has 0 aromatic rings. The molecule has 0 saturated carbocycles. The third kappa shape index (κ3) is 11.1. The van der Waals surface area contributed by atoms with Gasteiger partial charge in [-0.2, -0.15) is 0 Å². The number of rotatable bonds is 12. The Labute approximate surface area is 122 Å². The number of carbonyl (C=O) groups excluding carboxylic acids is 1. The van der Waals surface area contributed by atoms with Gasteiger partial charge in [0.05, 0.1) is 0 Å². The number of hydrogen-bond donors (Lipinski definition) is 0. The molecule has 1 amide bonds. The van der Waals surface area contributed by atoms with E-state index in [0.29, 0.717) is 0 Å². The molecule has 0 aliphatic rings. The van der Waals surface area contributed by atoms with Crippen molar-refractivity contribution in [1.82, 2.24) is 4.90 Å². The van der Waals surface area contributed by atoms with E-state index in [-0.39, 0.29) is 4.81 Å². The molecule has 0 aliphatic heterocycles. The summed E-state index contributed by atoms with van der Waals surface area (Å²) >= 11 is 2.63. The SMILES string of the molecule is CCCCCCCN(CCCCCCC)C(=O)[Se-]. The van der Waals surface area contributed by atoms with Gasteiger partial charge in [-0.3, -0.25) is 0 Å². The van der Waals surface area contributed by atoms with E-state index in [1.54, 1.807) is 0 Å². The number of amides is 1. The summed E-state index contributed by atoms with van der Waals surface area (Å²) in [6.07, 6.45) is 12.6. The first-order valence-electron chi connectivity index (χ1n) is 7.68. The van der Waals surface area contributed by atoms with Crippen LogP contribution in [-0.4, -0.2) is 38.8 Å². The first-order valence-corrected chi connectivity index (χ1v) is 8.54. The van der Waals surface area contributed by atoms with Crippen LogP contribution in [0.4, 0.5) is 4.79 Å². The summed E-state index contributed by atoms with van der Waals surface area (Å²) in [6, 6.07) is 0. The number of hydrogen-bond acceptors (Lipinski definition) is 1. The summed E-state index contributed by atoms with van der Waals surface area (Å²) in [6.45, 7) is 6.33. The van der Waals surface area contributed by atoms with Crippen molar-refractivity contribution in [1.29, 1.82) is 0 Å². The topological polar surface area (TPSA) is 20.3 Å². The van der Waals surface area contributed by atoms with Crippen molar-refractivity contribution in [3.8, 4) is 0 Å². The Morgan fingerprint density at radius 2 is 1.17 bits per heavy atom. The van der Waals surface area contributed by atoms with Gasteiger partial charge in [-0.25, -0.2) is 0 Å². The van der Waals surface area contributed by atoms with Gasteiger partial charge in [0.15, 0.2) is 0 Å². The van der Waals surface area contributed by atoms with Crippen molar-refractivity contribution in [2.24, 2.45) is 0 Å². The summed E-state index contributed by atoms with van der Waals surface area (Å²) < 4.78 is 0. The molecule has 0 atom stereocenters. The van der Waals surface area contributed by atoms with Crippen molar-refractivity contribution in [3.63, 3.8) is 0 Å². The summed E-state index contributed by atoms with van der Waals surface area (Å²) in [7, 11) is 0. The van der Waals surface area contributed by atoms with Crippen LogP contribution in [-0.2, 0) is 0 Å². The predicted molar refractivity (Wildman–Crippen MR) is 80.2 cm³/mol. The van der Waals surface area contributed by atoms with Gasteiger partial charge in [-0.1, -0.05) is 0 Å². The zero-order valence-corrected chi connectivity index (χ0v) is 14.0. The van der Waals surface area contributed by atoms with E-state index in [1.807, 2.05) is 4.90 Å². The molecule has 0 spiro atoms. The summed E-state index contributed by atoms with van der Waals surface area (Å²) in [5, 5.41) is 0. The maximum absolute atomic E-state index is 11.5. The summed E-state index contributed by atoms with van der Waals surface area (Å²) in [5.41, 5.74) is 0. The minimum atomic E-state index is 0.126. The Morgan fingerprint density at radius 1 is 0.778 bits per heavy atom. The van der Waals surface area contributed by atoms with Crippen LogP contribution in [0.1, 0.15) is 78.1 Å².